The van der Waals surface area contributed by atoms with E-state index in [2.05, 4.69) is 13.2 Å². The van der Waals surface area contributed by atoms with Crippen LogP contribution in [0.5, 0.6) is 0 Å². The maximum absolute atomic E-state index is 11.1. The Bertz CT molecular complexity index is 572. The van der Waals surface area contributed by atoms with E-state index in [1.807, 2.05) is 0 Å². The molecule has 2 rings (SSSR count). The molecule has 140 valence electrons. The third-order valence-corrected chi connectivity index (χ3v) is 7.89. The summed E-state index contributed by atoms with van der Waals surface area (Å²) in [5.41, 5.74) is 0. The minimum absolute atomic E-state index is 0.206. The Kier molecular flexibility index (Phi) is 8.11. The fraction of sp³-hybridized carbons (Fsp3) is 0.750. The van der Waals surface area contributed by atoms with Gasteiger partial charge >= 0.3 is 0 Å². The fourth-order valence-corrected chi connectivity index (χ4v) is 6.40. The average molecular weight is 379 g/mol. The number of hydrogen-bond acceptors (Lipinski definition) is 4. The Morgan fingerprint density at radius 1 is 0.750 bits per heavy atom. The van der Waals surface area contributed by atoms with Gasteiger partial charge in [-0.3, -0.25) is 0 Å². The molecule has 2 aliphatic rings. The SMILES string of the molecule is C=CC[C@@H]1CCC[C@@H]1S(N)(=O)=O.C=CC[C@H]1CCC[C@H]1S(N)(=O)=O. The molecule has 0 amide bonds. The first kappa shape index (κ1) is 21.3. The number of rotatable bonds is 6. The Morgan fingerprint density at radius 2 is 1.08 bits per heavy atom. The highest BCUT2D eigenvalue weighted by Crippen LogP contribution is 2.33. The first-order valence-corrected chi connectivity index (χ1v) is 11.6. The van der Waals surface area contributed by atoms with Crippen molar-refractivity contribution in [3.8, 4) is 0 Å². The van der Waals surface area contributed by atoms with Gasteiger partial charge < -0.3 is 0 Å². The first-order valence-electron chi connectivity index (χ1n) is 8.36. The monoisotopic (exact) mass is 378 g/mol. The molecule has 24 heavy (non-hydrogen) atoms. The second kappa shape index (κ2) is 9.12. The molecule has 0 aliphatic heterocycles. The predicted molar refractivity (Wildman–Crippen MR) is 98.1 cm³/mol. The first-order chi connectivity index (χ1) is 11.1. The van der Waals surface area contributed by atoms with Gasteiger partial charge in [0.1, 0.15) is 0 Å². The van der Waals surface area contributed by atoms with Crippen molar-refractivity contribution in [1.29, 1.82) is 0 Å². The maximum Gasteiger partial charge on any atom is 0.212 e. The van der Waals surface area contributed by atoms with E-state index in [0.29, 0.717) is 0 Å². The van der Waals surface area contributed by atoms with Gasteiger partial charge in [-0.2, -0.15) is 0 Å². The van der Waals surface area contributed by atoms with E-state index in [-0.39, 0.29) is 22.3 Å². The smallest absolute Gasteiger partial charge is 0.212 e. The Balaban J connectivity index is 0.000000240. The third kappa shape index (κ3) is 6.31. The number of nitrogens with two attached hydrogens (primary N) is 2. The fourth-order valence-electron chi connectivity index (χ4n) is 3.84. The minimum Gasteiger partial charge on any atom is -0.228 e. The number of hydrogen-bond donors (Lipinski definition) is 2. The average Bonchev–Trinajstić information content (AvgIpc) is 3.07. The second-order valence-electron chi connectivity index (χ2n) is 6.69. The summed E-state index contributed by atoms with van der Waals surface area (Å²) in [7, 11) is -6.64. The summed E-state index contributed by atoms with van der Waals surface area (Å²) in [6.07, 6.45) is 10.4. The molecule has 4 N–H and O–H groups in total. The zero-order valence-electron chi connectivity index (χ0n) is 14.1. The van der Waals surface area contributed by atoms with E-state index in [4.69, 9.17) is 10.3 Å². The molecule has 4 atom stereocenters. The van der Waals surface area contributed by atoms with Gasteiger partial charge in [0.2, 0.25) is 20.0 Å². The zero-order chi connectivity index (χ0) is 18.4. The Morgan fingerprint density at radius 3 is 1.33 bits per heavy atom. The summed E-state index contributed by atoms with van der Waals surface area (Å²) in [6.45, 7) is 7.21. The van der Waals surface area contributed by atoms with Gasteiger partial charge in [0.05, 0.1) is 10.5 Å². The van der Waals surface area contributed by atoms with E-state index in [0.717, 1.165) is 51.4 Å². The molecule has 8 heteroatoms. The molecule has 2 aliphatic carbocycles. The van der Waals surface area contributed by atoms with Crippen LogP contribution in [0, 0.1) is 11.8 Å². The molecule has 0 aromatic rings. The van der Waals surface area contributed by atoms with Gasteiger partial charge in [-0.25, -0.2) is 27.1 Å². The summed E-state index contributed by atoms with van der Waals surface area (Å²) >= 11 is 0. The molecule has 2 fully saturated rings. The molecule has 0 spiro atoms. The van der Waals surface area contributed by atoms with E-state index >= 15 is 0 Å². The lowest BCUT2D eigenvalue weighted by Crippen LogP contribution is -2.31. The van der Waals surface area contributed by atoms with Crippen molar-refractivity contribution in [3.63, 3.8) is 0 Å². The van der Waals surface area contributed by atoms with Gasteiger partial charge in [-0.1, -0.05) is 25.0 Å². The normalized spacial score (nSPS) is 30.4. The van der Waals surface area contributed by atoms with Crippen LogP contribution in [-0.2, 0) is 20.0 Å². The van der Waals surface area contributed by atoms with Crippen molar-refractivity contribution in [3.05, 3.63) is 25.3 Å². The second-order valence-corrected chi connectivity index (χ2v) is 10.3. The number of primary sulfonamides is 2. The van der Waals surface area contributed by atoms with Gasteiger partial charge in [-0.15, -0.1) is 13.2 Å². The summed E-state index contributed by atoms with van der Waals surface area (Å²) < 4.78 is 44.2. The number of sulfonamides is 2. The standard InChI is InChI=1S/2C8H15NO2S/c2*1-2-4-7-5-3-6-8(7)12(9,10)11/h2*2,7-8H,1,3-6H2,(H2,9,10,11)/t2*7-,8+/m10/s1. The van der Waals surface area contributed by atoms with Crippen molar-refractivity contribution in [2.75, 3.05) is 0 Å². The molecule has 0 aromatic heterocycles. The maximum atomic E-state index is 11.1. The zero-order valence-corrected chi connectivity index (χ0v) is 15.8. The Labute approximate surface area is 146 Å². The molecule has 2 saturated carbocycles. The highest BCUT2D eigenvalue weighted by atomic mass is 32.2. The Hall–Kier alpha value is -0.700. The van der Waals surface area contributed by atoms with Crippen LogP contribution in [0.2, 0.25) is 0 Å². The lowest BCUT2D eigenvalue weighted by Gasteiger charge is -2.14. The van der Waals surface area contributed by atoms with Gasteiger partial charge in [0.25, 0.3) is 0 Å². The quantitative estimate of drug-likeness (QED) is 0.687. The van der Waals surface area contributed by atoms with Crippen LogP contribution < -0.4 is 10.3 Å². The number of allylic oxidation sites excluding steroid dienone is 2. The minimum atomic E-state index is -3.32. The lowest BCUT2D eigenvalue weighted by atomic mass is 10.0. The van der Waals surface area contributed by atoms with Gasteiger partial charge in [0.15, 0.2) is 0 Å². The molecule has 0 heterocycles. The topological polar surface area (TPSA) is 120 Å². The van der Waals surface area contributed by atoms with E-state index in [1.165, 1.54) is 0 Å². The lowest BCUT2D eigenvalue weighted by molar-refractivity contribution is 0.521. The van der Waals surface area contributed by atoms with Crippen LogP contribution in [-0.4, -0.2) is 27.3 Å². The van der Waals surface area contributed by atoms with Gasteiger partial charge in [0, 0.05) is 0 Å². The highest BCUT2D eigenvalue weighted by molar-refractivity contribution is 7.90. The molecule has 0 bridgehead atoms. The molecule has 6 nitrogen and oxygen atoms in total. The molecule has 0 aromatic carbocycles. The van der Waals surface area contributed by atoms with Crippen molar-refractivity contribution in [2.45, 2.75) is 61.9 Å². The van der Waals surface area contributed by atoms with E-state index < -0.39 is 20.0 Å². The summed E-state index contributed by atoms with van der Waals surface area (Å²) in [4.78, 5) is 0. The third-order valence-electron chi connectivity index (χ3n) is 4.96. The van der Waals surface area contributed by atoms with Crippen molar-refractivity contribution < 1.29 is 16.8 Å². The van der Waals surface area contributed by atoms with Crippen molar-refractivity contribution in [2.24, 2.45) is 22.1 Å². The van der Waals surface area contributed by atoms with Crippen LogP contribution in [0.1, 0.15) is 51.4 Å². The largest absolute Gasteiger partial charge is 0.228 e. The molecule has 0 saturated heterocycles. The van der Waals surface area contributed by atoms with Crippen molar-refractivity contribution in [1.82, 2.24) is 0 Å². The van der Waals surface area contributed by atoms with Crippen LogP contribution >= 0.6 is 0 Å². The van der Waals surface area contributed by atoms with E-state index in [9.17, 15) is 16.8 Å². The molecule has 0 unspecified atom stereocenters. The van der Waals surface area contributed by atoms with Crippen LogP contribution in [0.25, 0.3) is 0 Å². The van der Waals surface area contributed by atoms with Crippen LogP contribution in [0.4, 0.5) is 0 Å². The van der Waals surface area contributed by atoms with Crippen LogP contribution in [0.3, 0.4) is 0 Å². The molecular formula is C16H30N2O4S2. The summed E-state index contributed by atoms with van der Waals surface area (Å²) in [6, 6.07) is 0. The summed E-state index contributed by atoms with van der Waals surface area (Å²) in [5, 5.41) is 9.55. The van der Waals surface area contributed by atoms with Crippen LogP contribution in [0.15, 0.2) is 25.3 Å². The van der Waals surface area contributed by atoms with Crippen molar-refractivity contribution >= 4 is 20.0 Å². The molecular weight excluding hydrogens is 348 g/mol. The van der Waals surface area contributed by atoms with Gasteiger partial charge in [-0.05, 0) is 50.4 Å². The summed E-state index contributed by atoms with van der Waals surface area (Å²) in [5.74, 6) is 0.412. The van der Waals surface area contributed by atoms with E-state index in [1.54, 1.807) is 12.2 Å². The molecule has 0 radical (unpaired) electrons. The predicted octanol–water partition coefficient (Wildman–Crippen LogP) is 2.04. The highest BCUT2D eigenvalue weighted by Gasteiger charge is 2.34.